The van der Waals surface area contributed by atoms with Crippen molar-refractivity contribution in [3.63, 3.8) is 0 Å². The van der Waals surface area contributed by atoms with Gasteiger partial charge in [0.05, 0.1) is 41.0 Å². The minimum Gasteiger partial charge on any atom is -0.326 e. The zero-order valence-corrected chi connectivity index (χ0v) is 33.6. The van der Waals surface area contributed by atoms with Gasteiger partial charge in [-0.15, -0.1) is 45.3 Å². The largest absolute Gasteiger partial charge is 0.373 e. The summed E-state index contributed by atoms with van der Waals surface area (Å²) in [7, 11) is 0. The zero-order chi connectivity index (χ0) is 37.6. The van der Waals surface area contributed by atoms with E-state index in [4.69, 9.17) is 15.3 Å². The number of carbonyl (C=O) groups is 1. The third kappa shape index (κ3) is 7.28. The predicted molar refractivity (Wildman–Crippen MR) is 219 cm³/mol. The Labute approximate surface area is 339 Å². The van der Waals surface area contributed by atoms with Gasteiger partial charge in [-0.1, -0.05) is 22.6 Å². The first kappa shape index (κ1) is 38.7. The van der Waals surface area contributed by atoms with Crippen molar-refractivity contribution in [2.45, 2.75) is 74.9 Å². The van der Waals surface area contributed by atoms with E-state index in [-0.39, 0.29) is 18.6 Å². The van der Waals surface area contributed by atoms with Gasteiger partial charge in [-0.25, -0.2) is 9.36 Å². The Bertz CT molecular complexity index is 2290. The first-order valence-electron chi connectivity index (χ1n) is 19.4. The third-order valence-corrected chi connectivity index (χ3v) is 15.3. The molecule has 2 spiro atoms. The van der Waals surface area contributed by atoms with Crippen molar-refractivity contribution in [1.82, 2.24) is 39.8 Å². The molecule has 14 rings (SSSR count). The molecule has 10 heterocycles. The normalized spacial score (nSPS) is 26.5. The Morgan fingerprint density at radius 3 is 1.84 bits per heavy atom. The van der Waals surface area contributed by atoms with Gasteiger partial charge in [0.15, 0.2) is 5.78 Å². The highest BCUT2D eigenvalue weighted by atomic mass is 35.5. The van der Waals surface area contributed by atoms with E-state index in [9.17, 15) is 4.79 Å². The highest BCUT2D eigenvalue weighted by molar-refractivity contribution is 7.20. The Kier molecular flexibility index (Phi) is 11.1. The lowest BCUT2D eigenvalue weighted by Crippen LogP contribution is -2.63. The second-order valence-electron chi connectivity index (χ2n) is 15.9. The molecule has 0 amide bonds. The molecule has 12 nitrogen and oxygen atoms in total. The van der Waals surface area contributed by atoms with Crippen LogP contribution in [0.15, 0.2) is 78.7 Å². The quantitative estimate of drug-likeness (QED) is 0.184. The Morgan fingerprint density at radius 2 is 1.30 bits per heavy atom. The highest BCUT2D eigenvalue weighted by Crippen LogP contribution is 2.59. The summed E-state index contributed by atoms with van der Waals surface area (Å²) in [5.41, 5.74) is 9.15. The van der Waals surface area contributed by atoms with Crippen LogP contribution in [0.5, 0.6) is 0 Å². The fraction of sp³-hybridized carbons (Fsp3) is 0.463. The number of fused-ring (bicyclic) bond motifs is 6. The number of rotatable bonds is 5. The van der Waals surface area contributed by atoms with Crippen LogP contribution < -0.4 is 5.73 Å². The number of hydrogen-bond donors (Lipinski definition) is 1. The monoisotopic (exact) mass is 811 g/mol. The number of halogens is 1. The zero-order valence-electron chi connectivity index (χ0n) is 31.1. The van der Waals surface area contributed by atoms with Crippen LogP contribution in [0.25, 0.3) is 31.5 Å². The molecular weight excluding hydrogens is 766 g/mol. The smallest absolute Gasteiger partial charge is 0.326 e. The lowest BCUT2D eigenvalue weighted by atomic mass is 9.70. The van der Waals surface area contributed by atoms with Gasteiger partial charge in [0.1, 0.15) is 0 Å². The number of nitrogens with two attached hydrogens (primary N) is 1. The van der Waals surface area contributed by atoms with E-state index in [1.54, 1.807) is 44.4 Å². The number of carbonyl (C=O) groups excluding carboxylic acids is 3. The molecule has 2 aromatic carbocycles. The number of benzene rings is 2. The number of thiophene rings is 2. The molecular formula is C41H46ClN9O3S2. The van der Waals surface area contributed by atoms with Gasteiger partial charge >= 0.3 is 6.15 Å². The highest BCUT2D eigenvalue weighted by Gasteiger charge is 2.60. The summed E-state index contributed by atoms with van der Waals surface area (Å²) in [4.78, 5) is 35.7. The van der Waals surface area contributed by atoms with Crippen molar-refractivity contribution >= 4 is 67.2 Å². The average molecular weight is 812 g/mol. The number of hydrogen-bond acceptors (Lipinski definition) is 12. The van der Waals surface area contributed by atoms with Crippen molar-refractivity contribution in [3.8, 4) is 11.4 Å². The number of aromatic nitrogens is 6. The average Bonchev–Trinajstić information content (AvgIpc) is 3.75. The number of nitrogens with zero attached hydrogens (tertiary/aromatic N) is 8. The van der Waals surface area contributed by atoms with Crippen LogP contribution in [0.4, 0.5) is 0 Å². The maximum Gasteiger partial charge on any atom is 0.373 e. The summed E-state index contributed by atoms with van der Waals surface area (Å²) >= 11 is 3.36. The summed E-state index contributed by atoms with van der Waals surface area (Å²) in [6, 6.07) is 17.2. The van der Waals surface area contributed by atoms with Crippen molar-refractivity contribution in [3.05, 3.63) is 83.6 Å². The molecule has 8 fully saturated rings. The molecule has 6 aliphatic heterocycles. The maximum atomic E-state index is 13.2. The van der Waals surface area contributed by atoms with Gasteiger partial charge in [0, 0.05) is 32.9 Å². The van der Waals surface area contributed by atoms with Crippen LogP contribution in [-0.2, 0) is 9.59 Å². The lowest BCUT2D eigenvalue weighted by Gasteiger charge is -2.52. The molecule has 4 bridgehead atoms. The van der Waals surface area contributed by atoms with Gasteiger partial charge in [-0.3, -0.25) is 14.6 Å². The van der Waals surface area contributed by atoms with E-state index in [0.717, 1.165) is 44.6 Å². The van der Waals surface area contributed by atoms with Crippen molar-refractivity contribution in [1.29, 1.82) is 0 Å². The van der Waals surface area contributed by atoms with Crippen molar-refractivity contribution < 1.29 is 14.4 Å². The summed E-state index contributed by atoms with van der Waals surface area (Å²) < 4.78 is 5.93. The van der Waals surface area contributed by atoms with Crippen molar-refractivity contribution in [2.24, 2.45) is 23.5 Å². The van der Waals surface area contributed by atoms with Gasteiger partial charge in [0.25, 0.3) is 0 Å². The Morgan fingerprint density at radius 1 is 0.750 bits per heavy atom. The molecule has 0 radical (unpaired) electrons. The van der Waals surface area contributed by atoms with Crippen LogP contribution in [0, 0.1) is 17.8 Å². The first-order valence-corrected chi connectivity index (χ1v) is 21.1. The molecule has 8 aliphatic rings. The molecule has 4 aromatic heterocycles. The standard InChI is InChI=1S/C21H22N4OS.C10H7N3S.C9H16N2.CO2.ClH/c26-18(13-17-14-3-8-24(9-4-14)21(17)5-6-21)20-11-15-1-2-16(12-19(15)27-20)25-10-7-22-23-25;1-2-9(13-5-4-11-12-13)7-10-8(1)3-6-14-10;10-8-7-1-5-11(6-2-7)9(8)3-4-9;2-1-3;/h1-2,7,10-12,14,17H,3-6,8-9,13H2;1-7H;7-8H,1-6,10H2;;1H/t17-;;8-;;/m1.1../s1. The number of Topliss-reactive ketones (excluding diaryl/α,β-unsaturated/α-hetero) is 1. The molecule has 2 N–H and O–H groups in total. The van der Waals surface area contributed by atoms with Crippen molar-refractivity contribution in [2.75, 3.05) is 26.2 Å². The van der Waals surface area contributed by atoms with E-state index in [1.165, 1.54) is 87.6 Å². The molecule has 6 saturated heterocycles. The van der Waals surface area contributed by atoms with E-state index < -0.39 is 0 Å². The Hall–Kier alpha value is -4.14. The van der Waals surface area contributed by atoms with E-state index >= 15 is 0 Å². The topological polar surface area (TPSA) is 145 Å². The second-order valence-corrected chi connectivity index (χ2v) is 17.9. The minimum absolute atomic E-state index is 0. The van der Waals surface area contributed by atoms with Crippen LogP contribution in [-0.4, -0.2) is 95.0 Å². The SMILES string of the molecule is Cl.N[C@@H]1C2CCN(CC2)C12CC2.O=C(C[C@@H]1C2CCN(CC2)C12CC2)c1cc2ccc(-n3ccnn3)cc2s1.O=C=O.c1cn(-c2ccc3ccsc3c2)nn1. The number of piperidine rings is 6. The second kappa shape index (κ2) is 16.0. The fourth-order valence-corrected chi connectivity index (χ4v) is 12.0. The van der Waals surface area contributed by atoms with Crippen LogP contribution >= 0.6 is 35.1 Å². The van der Waals surface area contributed by atoms with Gasteiger partial charge in [-0.05, 0) is 148 Å². The molecule has 56 heavy (non-hydrogen) atoms. The molecule has 6 aromatic rings. The minimum atomic E-state index is 0. The fourth-order valence-electron chi connectivity index (χ4n) is 10.1. The molecule has 292 valence electrons. The lowest BCUT2D eigenvalue weighted by molar-refractivity contribution is -0.191. The van der Waals surface area contributed by atoms with E-state index in [2.05, 4.69) is 72.2 Å². The molecule has 2 saturated carbocycles. The summed E-state index contributed by atoms with van der Waals surface area (Å²) in [6.07, 6.45) is 18.7. The molecule has 2 atom stereocenters. The summed E-state index contributed by atoms with van der Waals surface area (Å²) in [6.45, 7) is 5.17. The van der Waals surface area contributed by atoms with Gasteiger partial charge in [-0.2, -0.15) is 9.59 Å². The van der Waals surface area contributed by atoms with Crippen LogP contribution in [0.1, 0.15) is 67.5 Å². The molecule has 0 unspecified atom stereocenters. The number of ketones is 1. The van der Waals surface area contributed by atoms with Gasteiger partial charge in [0.2, 0.25) is 0 Å². The summed E-state index contributed by atoms with van der Waals surface area (Å²) in [5.74, 6) is 2.53. The first-order chi connectivity index (χ1) is 26.9. The van der Waals surface area contributed by atoms with E-state index in [0.29, 0.717) is 28.8 Å². The van der Waals surface area contributed by atoms with Crippen LogP contribution in [0.2, 0.25) is 0 Å². The van der Waals surface area contributed by atoms with E-state index in [1.807, 2.05) is 24.5 Å². The molecule has 15 heteroatoms. The Balaban J connectivity index is 0.000000127. The molecule has 2 aliphatic carbocycles. The third-order valence-electron chi connectivity index (χ3n) is 13.2. The summed E-state index contributed by atoms with van der Waals surface area (Å²) in [5, 5.41) is 20.2. The van der Waals surface area contributed by atoms with Gasteiger partial charge < -0.3 is 5.73 Å². The predicted octanol–water partition coefficient (Wildman–Crippen LogP) is 6.82. The van der Waals surface area contributed by atoms with Crippen LogP contribution in [0.3, 0.4) is 0 Å². The maximum absolute atomic E-state index is 13.2.